The van der Waals surface area contributed by atoms with Crippen molar-refractivity contribution in [3.05, 3.63) is 146 Å². The Balaban J connectivity index is 0.627. The Hall–Kier alpha value is -6.63. The normalized spacial score (nSPS) is 16.9. The molecule has 0 radical (unpaired) electrons. The van der Waals surface area contributed by atoms with Crippen LogP contribution >= 0.6 is 11.6 Å². The first-order valence-corrected chi connectivity index (χ1v) is 24.8. The van der Waals surface area contributed by atoms with Gasteiger partial charge in [-0.25, -0.2) is 18.7 Å². The molecule has 2 fully saturated rings. The number of hydrogen-bond acceptors (Lipinski definition) is 12. The van der Waals surface area contributed by atoms with Crippen LogP contribution in [0.2, 0.25) is 5.02 Å². The quantitative estimate of drug-likeness (QED) is 0.0421. The smallest absolute Gasteiger partial charge is 0.255 e. The molecule has 1 aromatic heterocycles. The Kier molecular flexibility index (Phi) is 16.3. The van der Waals surface area contributed by atoms with Gasteiger partial charge in [-0.1, -0.05) is 54.1 Å². The number of ketones is 1. The highest BCUT2D eigenvalue weighted by atomic mass is 35.5. The Labute approximate surface area is 420 Å². The second-order valence-corrected chi connectivity index (χ2v) is 18.8. The number of aromatic nitrogens is 2. The van der Waals surface area contributed by atoms with E-state index < -0.39 is 23.6 Å². The van der Waals surface area contributed by atoms with E-state index in [0.29, 0.717) is 108 Å². The highest BCUT2D eigenvalue weighted by Crippen LogP contribution is 2.35. The van der Waals surface area contributed by atoms with Crippen LogP contribution in [-0.4, -0.2) is 120 Å². The van der Waals surface area contributed by atoms with E-state index in [-0.39, 0.29) is 73.2 Å². The van der Waals surface area contributed by atoms with E-state index in [1.807, 2.05) is 24.3 Å². The zero-order valence-corrected chi connectivity index (χ0v) is 40.4. The molecule has 4 aromatic carbocycles. The number of fused-ring (bicyclic) bond motifs is 4. The van der Waals surface area contributed by atoms with Gasteiger partial charge < -0.3 is 29.9 Å². The number of nitrogens with zero attached hydrogens (tertiary/aromatic N) is 5. The number of benzene rings is 4. The molecule has 5 heterocycles. The van der Waals surface area contributed by atoms with Gasteiger partial charge in [-0.15, -0.1) is 0 Å². The van der Waals surface area contributed by atoms with E-state index in [0.717, 1.165) is 38.0 Å². The molecule has 3 N–H and O–H groups in total. The minimum absolute atomic E-state index is 0.0415. The number of halogens is 3. The van der Waals surface area contributed by atoms with Crippen molar-refractivity contribution in [3.8, 4) is 11.3 Å². The number of ether oxygens (including phenoxy) is 2. The highest BCUT2D eigenvalue weighted by Gasteiger charge is 2.40. The minimum Gasteiger partial charge on any atom is -0.380 e. The van der Waals surface area contributed by atoms with Gasteiger partial charge in [0, 0.05) is 122 Å². The van der Waals surface area contributed by atoms with Crippen molar-refractivity contribution in [2.45, 2.75) is 76.6 Å². The van der Waals surface area contributed by atoms with Gasteiger partial charge in [0.05, 0.1) is 42.8 Å². The van der Waals surface area contributed by atoms with Crippen molar-refractivity contribution >= 4 is 52.4 Å². The zero-order valence-electron chi connectivity index (χ0n) is 39.7. The number of piperidine rings is 2. The molecule has 0 bridgehead atoms. The van der Waals surface area contributed by atoms with Crippen molar-refractivity contribution < 1.29 is 42.2 Å². The van der Waals surface area contributed by atoms with Gasteiger partial charge in [-0.3, -0.25) is 34.3 Å². The van der Waals surface area contributed by atoms with Gasteiger partial charge in [-0.05, 0) is 67.6 Å². The maximum absolute atomic E-state index is 15.0. The molecule has 18 heteroatoms. The van der Waals surface area contributed by atoms with Crippen molar-refractivity contribution in [1.82, 2.24) is 30.4 Å². The van der Waals surface area contributed by atoms with E-state index in [2.05, 4.69) is 30.8 Å². The Morgan fingerprint density at radius 3 is 2.44 bits per heavy atom. The van der Waals surface area contributed by atoms with Crippen LogP contribution < -0.4 is 16.0 Å². The number of carbonyl (C=O) groups excluding carboxylic acids is 5. The third-order valence-electron chi connectivity index (χ3n) is 13.4. The molecule has 4 amide bonds. The molecule has 1 atom stereocenters. The summed E-state index contributed by atoms with van der Waals surface area (Å²) in [6.07, 6.45) is 5.78. The molecule has 0 spiro atoms. The molecule has 1 unspecified atom stereocenters. The predicted molar refractivity (Wildman–Crippen MR) is 266 cm³/mol. The van der Waals surface area contributed by atoms with Crippen LogP contribution in [0.3, 0.4) is 0 Å². The first-order valence-electron chi connectivity index (χ1n) is 24.4. The lowest BCUT2D eigenvalue weighted by Crippen LogP contribution is -2.52. The molecule has 0 saturated carbocycles. The van der Waals surface area contributed by atoms with Crippen LogP contribution in [0.4, 0.5) is 14.5 Å². The summed E-state index contributed by atoms with van der Waals surface area (Å²) in [7, 11) is 0. The first kappa shape index (κ1) is 50.3. The van der Waals surface area contributed by atoms with Crippen LogP contribution in [0, 0.1) is 11.6 Å². The summed E-state index contributed by atoms with van der Waals surface area (Å²) >= 11 is 6.37. The highest BCUT2D eigenvalue weighted by molar-refractivity contribution is 6.31. The second-order valence-electron chi connectivity index (χ2n) is 18.3. The van der Waals surface area contributed by atoms with Crippen LogP contribution in [0.25, 0.3) is 11.3 Å². The number of rotatable bonds is 20. The maximum Gasteiger partial charge on any atom is 0.255 e. The summed E-state index contributed by atoms with van der Waals surface area (Å²) in [6.45, 7) is 5.61. The van der Waals surface area contributed by atoms with E-state index in [4.69, 9.17) is 26.1 Å². The summed E-state index contributed by atoms with van der Waals surface area (Å²) in [5.41, 5.74) is 5.60. The lowest BCUT2D eigenvalue weighted by molar-refractivity contribution is -0.137. The number of hydrogen-bond donors (Lipinski definition) is 3. The zero-order chi connectivity index (χ0) is 50.1. The van der Waals surface area contributed by atoms with Gasteiger partial charge in [0.1, 0.15) is 23.5 Å². The fourth-order valence-electron chi connectivity index (χ4n) is 9.59. The molecule has 72 heavy (non-hydrogen) atoms. The van der Waals surface area contributed by atoms with Gasteiger partial charge in [0.2, 0.25) is 17.7 Å². The van der Waals surface area contributed by atoms with Crippen LogP contribution in [-0.2, 0) is 43.4 Å². The molecule has 2 saturated heterocycles. The van der Waals surface area contributed by atoms with Crippen molar-refractivity contribution in [2.24, 2.45) is 4.99 Å². The van der Waals surface area contributed by atoms with Crippen LogP contribution in [0.5, 0.6) is 0 Å². The fourth-order valence-corrected chi connectivity index (χ4v) is 9.76. The maximum atomic E-state index is 15.0. The number of nitrogens with one attached hydrogen (secondary N) is 3. The van der Waals surface area contributed by atoms with Gasteiger partial charge >= 0.3 is 0 Å². The van der Waals surface area contributed by atoms with Gasteiger partial charge in [0.25, 0.3) is 5.91 Å². The Morgan fingerprint density at radius 2 is 1.65 bits per heavy atom. The average molecular weight is 1000 g/mol. The topological polar surface area (TPSA) is 185 Å². The molecule has 374 valence electrons. The van der Waals surface area contributed by atoms with Gasteiger partial charge in [0.15, 0.2) is 5.78 Å². The number of likely N-dealkylation sites (tertiary alicyclic amines) is 1. The minimum atomic E-state index is -0.721. The molecule has 5 aromatic rings. The fraction of sp³-hybridized carbons (Fsp3) is 0.370. The molecular weight excluding hydrogens is 946 g/mol. The molecular formula is C54H55ClF2N8O7. The third kappa shape index (κ3) is 12.0. The Bertz CT molecular complexity index is 2870. The second kappa shape index (κ2) is 23.3. The number of imide groups is 1. The van der Waals surface area contributed by atoms with Crippen LogP contribution in [0.15, 0.2) is 90.1 Å². The van der Waals surface area contributed by atoms with Crippen molar-refractivity contribution in [3.63, 3.8) is 0 Å². The standard InChI is InChI=1S/C54H55ClF2N8O7/c55-36-13-14-38-40(29-36)52(50-42(56)5-2-6-43(50)57)60-31-35-30-59-47(62-51(35)38)28-33-9-11-34(12-10-33)46(66)8-3-25-71-27-24-64-22-18-37(19-23-64)72-26-21-58-20-17-49(68)61-44-7-1-4-39-41(44)32-65(54(39)70)45-15-16-48(67)63-53(45)69/h1-2,4-7,9-14,29-30,37,45,58H,3,8,15-28,31-32H2,(H,61,68)(H,63,67,69). The van der Waals surface area contributed by atoms with E-state index in [9.17, 15) is 32.8 Å². The predicted octanol–water partition coefficient (Wildman–Crippen LogP) is 6.86. The molecule has 4 aliphatic rings. The summed E-state index contributed by atoms with van der Waals surface area (Å²) in [6, 6.07) is 20.7. The lowest BCUT2D eigenvalue weighted by Gasteiger charge is -2.31. The summed E-state index contributed by atoms with van der Waals surface area (Å²) in [4.78, 5) is 80.9. The molecule has 15 nitrogen and oxygen atoms in total. The Morgan fingerprint density at radius 1 is 0.861 bits per heavy atom. The van der Waals surface area contributed by atoms with Crippen molar-refractivity contribution in [1.29, 1.82) is 0 Å². The lowest BCUT2D eigenvalue weighted by atomic mass is 9.94. The van der Waals surface area contributed by atoms with Gasteiger partial charge in [-0.2, -0.15) is 0 Å². The number of anilines is 1. The molecule has 0 aliphatic carbocycles. The van der Waals surface area contributed by atoms with E-state index in [1.54, 1.807) is 42.6 Å². The first-order chi connectivity index (χ1) is 35.0. The summed E-state index contributed by atoms with van der Waals surface area (Å²) < 4.78 is 41.9. The van der Waals surface area contributed by atoms with Crippen molar-refractivity contribution in [2.75, 3.05) is 57.9 Å². The number of aliphatic imine (C=N–C) groups is 1. The number of amides is 4. The SMILES string of the molecule is O=C1CCC(N2Cc3c(NC(=O)CCNCCOC4CCN(CCOCCCC(=O)c5ccc(Cc6ncc7c(n6)-c6ccc(Cl)cc6C(c6c(F)cccc6F)=NC7)cc5)CC4)cccc3C2=O)C(=O)N1. The average Bonchev–Trinajstić information content (AvgIpc) is 3.63. The number of Topliss-reactive ketones (excluding diaryl/α,β-unsaturated/α-hetero) is 1. The monoisotopic (exact) mass is 1000 g/mol. The van der Waals surface area contributed by atoms with Crippen LogP contribution in [0.1, 0.15) is 99.3 Å². The number of carbonyl (C=O) groups is 5. The van der Waals surface area contributed by atoms with E-state index in [1.165, 1.54) is 23.1 Å². The molecule has 9 rings (SSSR count). The molecule has 4 aliphatic heterocycles. The largest absolute Gasteiger partial charge is 0.380 e. The van der Waals surface area contributed by atoms with E-state index >= 15 is 0 Å². The summed E-state index contributed by atoms with van der Waals surface area (Å²) in [5.74, 6) is -2.15. The third-order valence-corrected chi connectivity index (χ3v) is 13.7. The summed E-state index contributed by atoms with van der Waals surface area (Å²) in [5, 5.41) is 8.89.